The molecule has 92 valence electrons. The summed E-state index contributed by atoms with van der Waals surface area (Å²) in [5.74, 6) is 0.487. The number of carbonyl (C=O) groups excluding carboxylic acids is 1. The van der Waals surface area contributed by atoms with E-state index in [2.05, 4.69) is 5.32 Å². The average Bonchev–Trinajstić information content (AvgIpc) is 2.76. The Hall–Kier alpha value is -2.11. The number of phenolic OH excluding ortho intramolecular Hbond substituents is 1. The third kappa shape index (κ3) is 2.06. The van der Waals surface area contributed by atoms with E-state index in [0.717, 1.165) is 0 Å². The van der Waals surface area contributed by atoms with E-state index in [-0.39, 0.29) is 17.2 Å². The number of ether oxygens (including phenoxy) is 3. The Kier molecular flexibility index (Phi) is 2.95. The molecule has 2 rings (SSSR count). The predicted molar refractivity (Wildman–Crippen MR) is 58.4 cm³/mol. The normalized spacial score (nSPS) is 18.5. The first-order chi connectivity index (χ1) is 8.15. The van der Waals surface area contributed by atoms with Crippen LogP contribution < -0.4 is 14.8 Å². The second-order valence-electron chi connectivity index (χ2n) is 3.55. The van der Waals surface area contributed by atoms with E-state index >= 15 is 0 Å². The van der Waals surface area contributed by atoms with Gasteiger partial charge in [-0.25, -0.2) is 4.79 Å². The van der Waals surface area contributed by atoms with Gasteiger partial charge in [-0.1, -0.05) is 0 Å². The molecule has 1 aliphatic rings. The first-order valence-electron chi connectivity index (χ1n) is 5.05. The molecule has 2 N–H and O–H groups in total. The highest BCUT2D eigenvalue weighted by atomic mass is 16.6. The number of hydrogen-bond acceptors (Lipinski definition) is 5. The van der Waals surface area contributed by atoms with Gasteiger partial charge in [0.25, 0.3) is 0 Å². The van der Waals surface area contributed by atoms with Crippen LogP contribution in [-0.4, -0.2) is 32.0 Å². The van der Waals surface area contributed by atoms with Crippen LogP contribution in [0, 0.1) is 0 Å². The van der Waals surface area contributed by atoms with E-state index in [1.165, 1.54) is 14.2 Å². The molecule has 1 amide bonds. The van der Waals surface area contributed by atoms with Gasteiger partial charge < -0.3 is 24.6 Å². The Bertz CT molecular complexity index is 420. The Morgan fingerprint density at radius 2 is 1.94 bits per heavy atom. The van der Waals surface area contributed by atoms with Gasteiger partial charge >= 0.3 is 6.09 Å². The summed E-state index contributed by atoms with van der Waals surface area (Å²) in [5, 5.41) is 12.3. The first-order valence-corrected chi connectivity index (χ1v) is 5.05. The fraction of sp³-hybridized carbons (Fsp3) is 0.364. The topological polar surface area (TPSA) is 77.0 Å². The highest BCUT2D eigenvalue weighted by Crippen LogP contribution is 2.39. The lowest BCUT2D eigenvalue weighted by Crippen LogP contribution is -2.12. The van der Waals surface area contributed by atoms with Gasteiger partial charge in [-0.05, 0) is 12.1 Å². The summed E-state index contributed by atoms with van der Waals surface area (Å²) in [6, 6.07) is 3.23. The number of benzene rings is 1. The number of hydrogen-bond donors (Lipinski definition) is 2. The van der Waals surface area contributed by atoms with Crippen molar-refractivity contribution in [1.29, 1.82) is 0 Å². The van der Waals surface area contributed by atoms with Crippen LogP contribution in [-0.2, 0) is 4.74 Å². The number of aromatic hydroxyl groups is 1. The van der Waals surface area contributed by atoms with Gasteiger partial charge in [-0.3, -0.25) is 0 Å². The molecule has 1 atom stereocenters. The van der Waals surface area contributed by atoms with E-state index in [1.807, 2.05) is 0 Å². The van der Waals surface area contributed by atoms with Gasteiger partial charge in [0.2, 0.25) is 5.75 Å². The molecule has 1 aliphatic heterocycles. The Labute approximate surface area is 98.1 Å². The summed E-state index contributed by atoms with van der Waals surface area (Å²) in [6.07, 6.45) is -0.855. The highest BCUT2D eigenvalue weighted by Gasteiger charge is 2.26. The van der Waals surface area contributed by atoms with Gasteiger partial charge in [0, 0.05) is 5.56 Å². The third-order valence-corrected chi connectivity index (χ3v) is 2.56. The summed E-state index contributed by atoms with van der Waals surface area (Å²) in [7, 11) is 2.88. The molecule has 0 radical (unpaired) electrons. The van der Waals surface area contributed by atoms with Crippen molar-refractivity contribution in [3.8, 4) is 17.2 Å². The van der Waals surface area contributed by atoms with E-state index in [1.54, 1.807) is 12.1 Å². The minimum Gasteiger partial charge on any atom is -0.502 e. The molecule has 1 saturated heterocycles. The molecule has 0 saturated carbocycles. The zero-order valence-electron chi connectivity index (χ0n) is 9.52. The zero-order valence-corrected chi connectivity index (χ0v) is 9.52. The van der Waals surface area contributed by atoms with E-state index in [9.17, 15) is 9.90 Å². The SMILES string of the molecule is COc1cc(C2CNC(=O)O2)cc(OC)c1O. The molecule has 0 aromatic heterocycles. The molecule has 1 unspecified atom stereocenters. The first kappa shape index (κ1) is 11.4. The van der Waals surface area contributed by atoms with Gasteiger partial charge in [-0.15, -0.1) is 0 Å². The lowest BCUT2D eigenvalue weighted by Gasteiger charge is -2.13. The van der Waals surface area contributed by atoms with E-state index in [4.69, 9.17) is 14.2 Å². The van der Waals surface area contributed by atoms with Crippen LogP contribution in [0.5, 0.6) is 17.2 Å². The molecule has 6 nitrogen and oxygen atoms in total. The van der Waals surface area contributed by atoms with Crippen molar-refractivity contribution in [2.24, 2.45) is 0 Å². The van der Waals surface area contributed by atoms with Crippen molar-refractivity contribution in [2.45, 2.75) is 6.10 Å². The summed E-state index contributed by atoms with van der Waals surface area (Å²) in [6.45, 7) is 0.385. The van der Waals surface area contributed by atoms with Crippen LogP contribution in [0.3, 0.4) is 0 Å². The summed E-state index contributed by atoms with van der Waals surface area (Å²) >= 11 is 0. The van der Waals surface area contributed by atoms with E-state index in [0.29, 0.717) is 12.1 Å². The van der Waals surface area contributed by atoms with Crippen LogP contribution >= 0.6 is 0 Å². The molecule has 1 aromatic carbocycles. The average molecular weight is 239 g/mol. The third-order valence-electron chi connectivity index (χ3n) is 2.56. The fourth-order valence-electron chi connectivity index (χ4n) is 1.67. The minimum atomic E-state index is -0.457. The standard InChI is InChI=1S/C11H13NO5/c1-15-7-3-6(4-8(16-2)10(7)13)9-5-12-11(14)17-9/h3-4,9,13H,5H2,1-2H3,(H,12,14). The highest BCUT2D eigenvalue weighted by molar-refractivity contribution is 5.70. The largest absolute Gasteiger partial charge is 0.502 e. The van der Waals surface area contributed by atoms with Crippen molar-refractivity contribution in [1.82, 2.24) is 5.32 Å². The number of nitrogens with one attached hydrogen (secondary N) is 1. The Morgan fingerprint density at radius 3 is 2.35 bits per heavy atom. The quantitative estimate of drug-likeness (QED) is 0.828. The second kappa shape index (κ2) is 4.40. The van der Waals surface area contributed by atoms with Crippen LogP contribution in [0.15, 0.2) is 12.1 Å². The molecule has 1 fully saturated rings. The molecule has 17 heavy (non-hydrogen) atoms. The lowest BCUT2D eigenvalue weighted by atomic mass is 10.1. The number of carbonyl (C=O) groups is 1. The second-order valence-corrected chi connectivity index (χ2v) is 3.55. The maximum absolute atomic E-state index is 11.0. The van der Waals surface area contributed by atoms with Crippen molar-refractivity contribution < 1.29 is 24.1 Å². The van der Waals surface area contributed by atoms with Crippen LogP contribution in [0.2, 0.25) is 0 Å². The van der Waals surface area contributed by atoms with Crippen molar-refractivity contribution in [3.63, 3.8) is 0 Å². The number of alkyl carbamates (subject to hydrolysis) is 1. The van der Waals surface area contributed by atoms with Crippen LogP contribution in [0.4, 0.5) is 4.79 Å². The number of rotatable bonds is 3. The van der Waals surface area contributed by atoms with Crippen LogP contribution in [0.25, 0.3) is 0 Å². The van der Waals surface area contributed by atoms with Crippen molar-refractivity contribution in [2.75, 3.05) is 20.8 Å². The molecular weight excluding hydrogens is 226 g/mol. The Balaban J connectivity index is 2.37. The number of phenols is 1. The number of amides is 1. The molecule has 1 aromatic rings. The van der Waals surface area contributed by atoms with Gasteiger partial charge in [0.15, 0.2) is 11.5 Å². The molecular formula is C11H13NO5. The maximum Gasteiger partial charge on any atom is 0.407 e. The maximum atomic E-state index is 11.0. The number of methoxy groups -OCH3 is 2. The monoisotopic (exact) mass is 239 g/mol. The lowest BCUT2D eigenvalue weighted by molar-refractivity contribution is 0.140. The van der Waals surface area contributed by atoms with Crippen LogP contribution in [0.1, 0.15) is 11.7 Å². The predicted octanol–water partition coefficient (Wildman–Crippen LogP) is 1.19. The molecule has 6 heteroatoms. The number of cyclic esters (lactones) is 1. The van der Waals surface area contributed by atoms with Gasteiger partial charge in [0.1, 0.15) is 6.10 Å². The molecule has 1 heterocycles. The van der Waals surface area contributed by atoms with Crippen molar-refractivity contribution >= 4 is 6.09 Å². The van der Waals surface area contributed by atoms with E-state index < -0.39 is 12.2 Å². The molecule has 0 aliphatic carbocycles. The summed E-state index contributed by atoms with van der Waals surface area (Å²) in [4.78, 5) is 11.0. The minimum absolute atomic E-state index is 0.0731. The summed E-state index contributed by atoms with van der Waals surface area (Å²) in [5.41, 5.74) is 0.704. The molecule has 0 spiro atoms. The van der Waals surface area contributed by atoms with Gasteiger partial charge in [0.05, 0.1) is 20.8 Å². The summed E-state index contributed by atoms with van der Waals surface area (Å²) < 4.78 is 15.1. The fourth-order valence-corrected chi connectivity index (χ4v) is 1.67. The van der Waals surface area contributed by atoms with Gasteiger partial charge in [-0.2, -0.15) is 0 Å². The Morgan fingerprint density at radius 1 is 1.35 bits per heavy atom. The zero-order chi connectivity index (χ0) is 12.4. The van der Waals surface area contributed by atoms with Crippen molar-refractivity contribution in [3.05, 3.63) is 17.7 Å². The smallest absolute Gasteiger partial charge is 0.407 e. The molecule has 0 bridgehead atoms.